The fourth-order valence-electron chi connectivity index (χ4n) is 0.728. The van der Waals surface area contributed by atoms with Gasteiger partial charge in [-0.3, -0.25) is 0 Å². The van der Waals surface area contributed by atoms with Crippen molar-refractivity contribution in [2.45, 2.75) is 45.8 Å². The zero-order chi connectivity index (χ0) is 11.4. The third-order valence-corrected chi connectivity index (χ3v) is 8.32. The van der Waals surface area contributed by atoms with Gasteiger partial charge in [-0.25, -0.2) is 0 Å². The average Bonchev–Trinajstić information content (AvgIpc) is 2.04. The molecule has 0 radical (unpaired) electrons. The van der Waals surface area contributed by atoms with E-state index in [4.69, 9.17) is 4.43 Å². The maximum absolute atomic E-state index is 6.09. The van der Waals surface area contributed by atoms with Crippen LogP contribution in [0.3, 0.4) is 0 Å². The van der Waals surface area contributed by atoms with Crippen molar-refractivity contribution in [1.29, 1.82) is 0 Å². The van der Waals surface area contributed by atoms with Crippen LogP contribution in [0.4, 0.5) is 0 Å². The fourth-order valence-corrected chi connectivity index (χ4v) is 2.19. The zero-order valence-corrected chi connectivity index (χ0v) is 12.4. The zero-order valence-electron chi connectivity index (χ0n) is 10.6. The molecule has 3 heteroatoms. The number of allylic oxidation sites excluding steroid dienone is 1. The lowest BCUT2D eigenvalue weighted by Gasteiger charge is -2.36. The summed E-state index contributed by atoms with van der Waals surface area (Å²) in [4.78, 5) is 1.33. The Hall–Kier alpha value is 0.267. The van der Waals surface area contributed by atoms with E-state index in [0.29, 0.717) is 5.04 Å². The maximum atomic E-state index is 6.09. The van der Waals surface area contributed by atoms with E-state index in [1.165, 1.54) is 4.91 Å². The van der Waals surface area contributed by atoms with Crippen molar-refractivity contribution in [1.82, 2.24) is 0 Å². The van der Waals surface area contributed by atoms with Crippen molar-refractivity contribution in [3.05, 3.63) is 11.0 Å². The molecular formula is C11H24OSSi. The van der Waals surface area contributed by atoms with Gasteiger partial charge in [-0.2, -0.15) is 0 Å². The monoisotopic (exact) mass is 232 g/mol. The van der Waals surface area contributed by atoms with Gasteiger partial charge >= 0.3 is 0 Å². The fraction of sp³-hybridized carbons (Fsp3) is 0.818. The molecule has 0 aliphatic heterocycles. The average molecular weight is 232 g/mol. The van der Waals surface area contributed by atoms with Gasteiger partial charge in [0.05, 0.1) is 6.61 Å². The second kappa shape index (κ2) is 5.38. The molecule has 0 rings (SSSR count). The molecule has 0 N–H and O–H groups in total. The summed E-state index contributed by atoms with van der Waals surface area (Å²) in [6.45, 7) is 14.3. The van der Waals surface area contributed by atoms with Gasteiger partial charge in [0.15, 0.2) is 8.32 Å². The van der Waals surface area contributed by atoms with Crippen molar-refractivity contribution in [2.24, 2.45) is 0 Å². The first-order valence-electron chi connectivity index (χ1n) is 5.07. The first kappa shape index (κ1) is 14.3. The highest BCUT2D eigenvalue weighted by atomic mass is 32.2. The van der Waals surface area contributed by atoms with Crippen LogP contribution in [0.2, 0.25) is 18.1 Å². The Morgan fingerprint density at radius 2 is 1.86 bits per heavy atom. The molecule has 1 nitrogen and oxygen atoms in total. The van der Waals surface area contributed by atoms with Crippen molar-refractivity contribution < 1.29 is 4.43 Å². The Bertz CT molecular complexity index is 204. The predicted octanol–water partition coefficient (Wildman–Crippen LogP) is 4.28. The lowest BCUT2D eigenvalue weighted by molar-refractivity contribution is 0.325. The molecule has 0 bridgehead atoms. The van der Waals surface area contributed by atoms with Crippen LogP contribution in [0.15, 0.2) is 11.0 Å². The van der Waals surface area contributed by atoms with E-state index in [1.807, 2.05) is 0 Å². The summed E-state index contributed by atoms with van der Waals surface area (Å²) in [6, 6.07) is 0. The Labute approximate surface area is 94.4 Å². The molecule has 0 aromatic rings. The molecule has 0 amide bonds. The Morgan fingerprint density at radius 1 is 1.36 bits per heavy atom. The summed E-state index contributed by atoms with van der Waals surface area (Å²) >= 11 is 1.78. The summed E-state index contributed by atoms with van der Waals surface area (Å²) in [5.41, 5.74) is 0. The molecule has 0 fully saturated rings. The lowest BCUT2D eigenvalue weighted by atomic mass is 10.2. The van der Waals surface area contributed by atoms with Gasteiger partial charge < -0.3 is 4.43 Å². The van der Waals surface area contributed by atoms with Crippen molar-refractivity contribution in [3.63, 3.8) is 0 Å². The van der Waals surface area contributed by atoms with Gasteiger partial charge in [-0.1, -0.05) is 26.8 Å². The highest BCUT2D eigenvalue weighted by Gasteiger charge is 2.37. The molecule has 0 heterocycles. The third kappa shape index (κ3) is 4.19. The molecule has 0 aliphatic rings. The van der Waals surface area contributed by atoms with Gasteiger partial charge in [0.2, 0.25) is 0 Å². The third-order valence-electron chi connectivity index (χ3n) is 2.97. The summed E-state index contributed by atoms with van der Waals surface area (Å²) in [5.74, 6) is 0. The number of rotatable bonds is 4. The van der Waals surface area contributed by atoms with Crippen molar-refractivity contribution >= 4 is 20.1 Å². The standard InChI is InChI=1S/C11H24OSSi/c1-8-10(13-5)9-12-14(6,7)11(2,3)4/h8H,9H2,1-7H3/b10-8-. The largest absolute Gasteiger partial charge is 0.412 e. The Kier molecular flexibility index (Phi) is 5.48. The highest BCUT2D eigenvalue weighted by Crippen LogP contribution is 2.37. The Morgan fingerprint density at radius 3 is 2.14 bits per heavy atom. The molecule has 14 heavy (non-hydrogen) atoms. The molecule has 0 aliphatic carbocycles. The highest BCUT2D eigenvalue weighted by molar-refractivity contribution is 8.02. The second-order valence-electron chi connectivity index (χ2n) is 5.01. The molecule has 0 aromatic heterocycles. The van der Waals surface area contributed by atoms with E-state index >= 15 is 0 Å². The number of hydrogen-bond donors (Lipinski definition) is 0. The van der Waals surface area contributed by atoms with Gasteiger partial charge in [-0.05, 0) is 31.3 Å². The molecule has 0 spiro atoms. The van der Waals surface area contributed by atoms with Crippen LogP contribution in [0.25, 0.3) is 0 Å². The topological polar surface area (TPSA) is 9.23 Å². The maximum Gasteiger partial charge on any atom is 0.192 e. The Balaban J connectivity index is 4.26. The van der Waals surface area contributed by atoms with E-state index in [0.717, 1.165) is 6.61 Å². The van der Waals surface area contributed by atoms with Crippen molar-refractivity contribution in [2.75, 3.05) is 12.9 Å². The summed E-state index contributed by atoms with van der Waals surface area (Å²) in [5, 5.41) is 0.310. The summed E-state index contributed by atoms with van der Waals surface area (Å²) < 4.78 is 6.09. The molecule has 0 saturated carbocycles. The van der Waals surface area contributed by atoms with Crippen LogP contribution in [0.5, 0.6) is 0 Å². The number of hydrogen-bond acceptors (Lipinski definition) is 2. The van der Waals surface area contributed by atoms with E-state index in [9.17, 15) is 0 Å². The van der Waals surface area contributed by atoms with Crippen LogP contribution in [-0.4, -0.2) is 21.2 Å². The van der Waals surface area contributed by atoms with Gasteiger partial charge in [0, 0.05) is 4.91 Å². The minimum atomic E-state index is -1.55. The lowest BCUT2D eigenvalue weighted by Crippen LogP contribution is -2.41. The van der Waals surface area contributed by atoms with Gasteiger partial charge in [0.1, 0.15) is 0 Å². The van der Waals surface area contributed by atoms with E-state index < -0.39 is 8.32 Å². The summed E-state index contributed by atoms with van der Waals surface area (Å²) in [7, 11) is -1.55. The normalized spacial score (nSPS) is 14.6. The van der Waals surface area contributed by atoms with Crippen LogP contribution in [0.1, 0.15) is 27.7 Å². The minimum Gasteiger partial charge on any atom is -0.412 e. The van der Waals surface area contributed by atoms with Gasteiger partial charge in [0.25, 0.3) is 0 Å². The summed E-state index contributed by atoms with van der Waals surface area (Å²) in [6.07, 6.45) is 4.24. The molecule has 0 unspecified atom stereocenters. The molecular weight excluding hydrogens is 208 g/mol. The van der Waals surface area contributed by atoms with Gasteiger partial charge in [-0.15, -0.1) is 11.8 Å². The quantitative estimate of drug-likeness (QED) is 0.669. The van der Waals surface area contributed by atoms with E-state index in [2.05, 4.69) is 53.1 Å². The van der Waals surface area contributed by atoms with E-state index in [1.54, 1.807) is 11.8 Å². The second-order valence-corrected chi connectivity index (χ2v) is 10.8. The predicted molar refractivity (Wildman–Crippen MR) is 70.4 cm³/mol. The first-order valence-corrected chi connectivity index (χ1v) is 9.21. The smallest absolute Gasteiger partial charge is 0.192 e. The molecule has 0 aromatic carbocycles. The molecule has 0 saturated heterocycles. The SMILES string of the molecule is C/C=C(/CO[Si](C)(C)C(C)(C)C)SC. The van der Waals surface area contributed by atoms with Crippen LogP contribution in [0, 0.1) is 0 Å². The molecule has 0 atom stereocenters. The van der Waals surface area contributed by atoms with E-state index in [-0.39, 0.29) is 0 Å². The molecule has 84 valence electrons. The van der Waals surface area contributed by atoms with Crippen LogP contribution >= 0.6 is 11.8 Å². The van der Waals surface area contributed by atoms with Crippen molar-refractivity contribution in [3.8, 4) is 0 Å². The van der Waals surface area contributed by atoms with Crippen LogP contribution in [-0.2, 0) is 4.43 Å². The number of thioether (sulfide) groups is 1. The minimum absolute atomic E-state index is 0.310. The van der Waals surface area contributed by atoms with Crippen LogP contribution < -0.4 is 0 Å². The first-order chi connectivity index (χ1) is 6.24.